The number of methoxy groups -OCH3 is 1. The van der Waals surface area contributed by atoms with Crippen LogP contribution in [-0.4, -0.2) is 33.2 Å². The van der Waals surface area contributed by atoms with Gasteiger partial charge < -0.3 is 19.7 Å². The molecule has 0 aliphatic rings. The molecule has 2 N–H and O–H groups in total. The zero-order chi connectivity index (χ0) is 19.1. The van der Waals surface area contributed by atoms with Gasteiger partial charge in [0, 0.05) is 16.3 Å². The monoisotopic (exact) mass is 385 g/mol. The fraction of sp³-hybridized carbons (Fsp3) is 0.278. The van der Waals surface area contributed by atoms with Crippen LogP contribution < -0.4 is 19.7 Å². The second kappa shape index (κ2) is 9.35. The summed E-state index contributed by atoms with van der Waals surface area (Å²) in [7, 11) is 3.24. The van der Waals surface area contributed by atoms with Gasteiger partial charge in [-0.25, -0.2) is 0 Å². The average molecular weight is 386 g/mol. The van der Waals surface area contributed by atoms with Crippen LogP contribution in [0.5, 0.6) is 11.5 Å². The molecular formula is C18H20ClF2N2O3+. The second-order valence-electron chi connectivity index (χ2n) is 5.73. The van der Waals surface area contributed by atoms with Crippen molar-refractivity contribution in [2.45, 2.75) is 13.2 Å². The van der Waals surface area contributed by atoms with Gasteiger partial charge in [-0.05, 0) is 42.5 Å². The smallest absolute Gasteiger partial charge is 0.387 e. The minimum atomic E-state index is -2.92. The molecule has 2 rings (SSSR count). The van der Waals surface area contributed by atoms with E-state index in [0.29, 0.717) is 17.3 Å². The number of ether oxygens (including phenoxy) is 2. The summed E-state index contributed by atoms with van der Waals surface area (Å²) < 4.78 is 34.2. The lowest BCUT2D eigenvalue weighted by molar-refractivity contribution is -0.885. The number of quaternary nitrogens is 1. The summed E-state index contributed by atoms with van der Waals surface area (Å²) >= 11 is 5.81. The third-order valence-corrected chi connectivity index (χ3v) is 3.79. The Balaban J connectivity index is 1.93. The number of carbonyl (C=O) groups is 1. The topological polar surface area (TPSA) is 52.0 Å². The van der Waals surface area contributed by atoms with Gasteiger partial charge in [0.2, 0.25) is 0 Å². The van der Waals surface area contributed by atoms with Gasteiger partial charge in [0.1, 0.15) is 6.54 Å². The Hall–Kier alpha value is -2.38. The highest BCUT2D eigenvalue weighted by Crippen LogP contribution is 2.29. The number of amides is 1. The van der Waals surface area contributed by atoms with Crippen molar-refractivity contribution in [1.29, 1.82) is 0 Å². The summed E-state index contributed by atoms with van der Waals surface area (Å²) in [6, 6.07) is 11.6. The van der Waals surface area contributed by atoms with Crippen LogP contribution in [0.1, 0.15) is 5.56 Å². The number of hydrogen-bond acceptors (Lipinski definition) is 3. The molecule has 0 heterocycles. The summed E-state index contributed by atoms with van der Waals surface area (Å²) in [6.45, 7) is -2.17. The van der Waals surface area contributed by atoms with Crippen molar-refractivity contribution in [3.8, 4) is 11.5 Å². The zero-order valence-electron chi connectivity index (χ0n) is 14.4. The molecule has 0 aliphatic carbocycles. The van der Waals surface area contributed by atoms with E-state index in [2.05, 4.69) is 10.1 Å². The highest BCUT2D eigenvalue weighted by Gasteiger charge is 2.15. The SMILES string of the molecule is COc1cc(C[NH+](C)CC(=O)Nc2ccc(Cl)cc2)ccc1OC(F)F. The van der Waals surface area contributed by atoms with Crippen molar-refractivity contribution in [2.75, 3.05) is 26.0 Å². The lowest BCUT2D eigenvalue weighted by Gasteiger charge is -2.16. The van der Waals surface area contributed by atoms with E-state index in [0.717, 1.165) is 10.5 Å². The molecule has 2 aromatic carbocycles. The minimum Gasteiger partial charge on any atom is -0.493 e. The van der Waals surface area contributed by atoms with E-state index in [1.54, 1.807) is 36.4 Å². The Bertz CT molecular complexity index is 742. The Kier molecular flexibility index (Phi) is 7.17. The number of carbonyl (C=O) groups excluding carboxylic acids is 1. The van der Waals surface area contributed by atoms with Gasteiger partial charge in [0.15, 0.2) is 18.0 Å². The van der Waals surface area contributed by atoms with Crippen LogP contribution in [-0.2, 0) is 11.3 Å². The molecule has 1 amide bonds. The lowest BCUT2D eigenvalue weighted by Crippen LogP contribution is -3.08. The van der Waals surface area contributed by atoms with Crippen molar-refractivity contribution in [2.24, 2.45) is 0 Å². The molecule has 2 aromatic rings. The van der Waals surface area contributed by atoms with Crippen LogP contribution in [0.25, 0.3) is 0 Å². The van der Waals surface area contributed by atoms with E-state index < -0.39 is 6.61 Å². The van der Waals surface area contributed by atoms with Crippen LogP contribution >= 0.6 is 11.6 Å². The number of anilines is 1. The van der Waals surface area contributed by atoms with Gasteiger partial charge in [0.05, 0.1) is 14.2 Å². The molecule has 1 unspecified atom stereocenters. The van der Waals surface area contributed by atoms with Crippen LogP contribution in [0.4, 0.5) is 14.5 Å². The zero-order valence-corrected chi connectivity index (χ0v) is 15.1. The van der Waals surface area contributed by atoms with Crippen molar-refractivity contribution >= 4 is 23.2 Å². The molecule has 26 heavy (non-hydrogen) atoms. The van der Waals surface area contributed by atoms with E-state index >= 15 is 0 Å². The summed E-state index contributed by atoms with van der Waals surface area (Å²) in [6.07, 6.45) is 0. The highest BCUT2D eigenvalue weighted by molar-refractivity contribution is 6.30. The summed E-state index contributed by atoms with van der Waals surface area (Å²) in [4.78, 5) is 13.0. The van der Waals surface area contributed by atoms with Gasteiger partial charge in [-0.1, -0.05) is 11.6 Å². The molecule has 0 aromatic heterocycles. The van der Waals surface area contributed by atoms with E-state index in [9.17, 15) is 13.6 Å². The number of alkyl halides is 2. The lowest BCUT2D eigenvalue weighted by atomic mass is 10.2. The van der Waals surface area contributed by atoms with Crippen molar-refractivity contribution in [3.63, 3.8) is 0 Å². The first-order valence-electron chi connectivity index (χ1n) is 7.86. The summed E-state index contributed by atoms with van der Waals surface area (Å²) in [5, 5.41) is 3.39. The van der Waals surface area contributed by atoms with Gasteiger partial charge in [0.25, 0.3) is 5.91 Å². The molecule has 8 heteroatoms. The number of nitrogens with one attached hydrogen (secondary N) is 2. The third-order valence-electron chi connectivity index (χ3n) is 3.54. The quantitative estimate of drug-likeness (QED) is 0.734. The van der Waals surface area contributed by atoms with E-state index in [1.165, 1.54) is 13.2 Å². The molecule has 5 nitrogen and oxygen atoms in total. The summed E-state index contributed by atoms with van der Waals surface area (Å²) in [5.41, 5.74) is 1.50. The third kappa shape index (κ3) is 6.16. The Morgan fingerprint density at radius 1 is 1.19 bits per heavy atom. The van der Waals surface area contributed by atoms with Crippen LogP contribution in [0.15, 0.2) is 42.5 Å². The molecule has 0 radical (unpaired) electrons. The number of likely N-dealkylation sites (N-methyl/N-ethyl adjacent to an activating group) is 1. The highest BCUT2D eigenvalue weighted by atomic mass is 35.5. The average Bonchev–Trinajstić information content (AvgIpc) is 2.57. The molecular weight excluding hydrogens is 366 g/mol. The van der Waals surface area contributed by atoms with E-state index in [4.69, 9.17) is 16.3 Å². The standard InChI is InChI=1S/C18H19ClF2N2O3/c1-23(11-17(24)22-14-6-4-13(19)5-7-14)10-12-3-8-15(26-18(20)21)16(9-12)25-2/h3-9,18H,10-11H2,1-2H3,(H,22,24)/p+1. The predicted octanol–water partition coefficient (Wildman–Crippen LogP) is 2.60. The van der Waals surface area contributed by atoms with Crippen molar-refractivity contribution in [1.82, 2.24) is 0 Å². The number of benzene rings is 2. The number of rotatable bonds is 8. The Morgan fingerprint density at radius 2 is 1.88 bits per heavy atom. The first-order valence-corrected chi connectivity index (χ1v) is 8.23. The maximum Gasteiger partial charge on any atom is 0.387 e. The fourth-order valence-electron chi connectivity index (χ4n) is 2.44. The Morgan fingerprint density at radius 3 is 2.50 bits per heavy atom. The molecule has 0 saturated carbocycles. The molecule has 0 spiro atoms. The molecule has 1 atom stereocenters. The number of hydrogen-bond donors (Lipinski definition) is 2. The first kappa shape index (κ1) is 19.9. The summed E-state index contributed by atoms with van der Waals surface area (Å²) in [5.74, 6) is 0.0556. The second-order valence-corrected chi connectivity index (χ2v) is 6.17. The predicted molar refractivity (Wildman–Crippen MR) is 95.2 cm³/mol. The minimum absolute atomic E-state index is 0.0237. The fourth-order valence-corrected chi connectivity index (χ4v) is 2.56. The van der Waals surface area contributed by atoms with Gasteiger partial charge in [-0.3, -0.25) is 4.79 Å². The maximum atomic E-state index is 12.4. The first-order chi connectivity index (χ1) is 12.4. The molecule has 0 aliphatic heterocycles. The van der Waals surface area contributed by atoms with Crippen LogP contribution in [0, 0.1) is 0 Å². The molecule has 140 valence electrons. The Labute approximate surface area is 155 Å². The van der Waals surface area contributed by atoms with Crippen LogP contribution in [0.2, 0.25) is 5.02 Å². The molecule has 0 saturated heterocycles. The van der Waals surface area contributed by atoms with Crippen LogP contribution in [0.3, 0.4) is 0 Å². The van der Waals surface area contributed by atoms with Gasteiger partial charge in [-0.2, -0.15) is 8.78 Å². The number of halogens is 3. The normalized spacial score (nSPS) is 11.9. The van der Waals surface area contributed by atoms with Gasteiger partial charge >= 0.3 is 6.61 Å². The maximum absolute atomic E-state index is 12.4. The van der Waals surface area contributed by atoms with E-state index in [1.807, 2.05) is 7.05 Å². The van der Waals surface area contributed by atoms with Gasteiger partial charge in [-0.15, -0.1) is 0 Å². The van der Waals surface area contributed by atoms with E-state index in [-0.39, 0.29) is 24.0 Å². The largest absolute Gasteiger partial charge is 0.493 e. The molecule has 0 bridgehead atoms. The molecule has 0 fully saturated rings. The van der Waals surface area contributed by atoms with Crippen molar-refractivity contribution < 1.29 is 27.9 Å². The van der Waals surface area contributed by atoms with Crippen molar-refractivity contribution in [3.05, 3.63) is 53.1 Å².